The van der Waals surface area contributed by atoms with Gasteiger partial charge < -0.3 is 10.4 Å². The van der Waals surface area contributed by atoms with Crippen molar-refractivity contribution in [2.45, 2.75) is 58.9 Å². The Balaban J connectivity index is 2.09. The van der Waals surface area contributed by atoms with Gasteiger partial charge in [-0.1, -0.05) is 26.7 Å². The van der Waals surface area contributed by atoms with Gasteiger partial charge in [0.25, 0.3) is 0 Å². The summed E-state index contributed by atoms with van der Waals surface area (Å²) in [6, 6.07) is 0.658. The Morgan fingerprint density at radius 1 is 1.40 bits per heavy atom. The molecule has 0 spiro atoms. The van der Waals surface area contributed by atoms with Crippen LogP contribution >= 0.6 is 0 Å². The third kappa shape index (κ3) is 6.16. The van der Waals surface area contributed by atoms with Gasteiger partial charge in [-0.15, -0.1) is 0 Å². The molecule has 0 amide bonds. The molecule has 1 aliphatic carbocycles. The van der Waals surface area contributed by atoms with Gasteiger partial charge in [-0.05, 0) is 37.5 Å². The van der Waals surface area contributed by atoms with Crippen LogP contribution in [0.4, 0.5) is 0 Å². The second kappa shape index (κ2) is 5.86. The Kier molecular flexibility index (Phi) is 5.07. The third-order valence-electron chi connectivity index (χ3n) is 3.32. The molecule has 2 heteroatoms. The highest BCUT2D eigenvalue weighted by Gasteiger charge is 2.24. The highest BCUT2D eigenvalue weighted by Crippen LogP contribution is 2.33. The van der Waals surface area contributed by atoms with Gasteiger partial charge in [-0.3, -0.25) is 0 Å². The van der Waals surface area contributed by atoms with Crippen molar-refractivity contribution in [1.29, 1.82) is 0 Å². The first-order chi connectivity index (χ1) is 7.03. The lowest BCUT2D eigenvalue weighted by atomic mass is 9.87. The Morgan fingerprint density at radius 2 is 2.07 bits per heavy atom. The zero-order chi connectivity index (χ0) is 11.3. The maximum Gasteiger partial charge on any atom is 0.0431 e. The summed E-state index contributed by atoms with van der Waals surface area (Å²) in [5, 5.41) is 12.4. The van der Waals surface area contributed by atoms with Crippen LogP contribution in [0.2, 0.25) is 0 Å². The molecule has 2 nitrogen and oxygen atoms in total. The number of rotatable bonds is 8. The molecular formula is C13H27NO. The molecule has 0 saturated heterocycles. The number of aliphatic hydroxyl groups excluding tert-OH is 1. The predicted octanol–water partition coefficient (Wildman–Crippen LogP) is 2.56. The summed E-state index contributed by atoms with van der Waals surface area (Å²) in [7, 11) is 0. The van der Waals surface area contributed by atoms with Crippen molar-refractivity contribution in [1.82, 2.24) is 5.32 Å². The van der Waals surface area contributed by atoms with Gasteiger partial charge in [0.1, 0.15) is 0 Å². The minimum absolute atomic E-state index is 0.320. The minimum atomic E-state index is 0.320. The number of nitrogens with one attached hydrogen (secondary N) is 1. The van der Waals surface area contributed by atoms with Crippen molar-refractivity contribution < 1.29 is 5.11 Å². The molecule has 1 saturated carbocycles. The van der Waals surface area contributed by atoms with Crippen molar-refractivity contribution >= 4 is 0 Å². The van der Waals surface area contributed by atoms with E-state index in [0.717, 1.165) is 25.3 Å². The molecule has 1 unspecified atom stereocenters. The van der Waals surface area contributed by atoms with Crippen molar-refractivity contribution in [2.24, 2.45) is 11.3 Å². The quantitative estimate of drug-likeness (QED) is 0.649. The maximum absolute atomic E-state index is 8.81. The zero-order valence-corrected chi connectivity index (χ0v) is 10.6. The van der Waals surface area contributed by atoms with Gasteiger partial charge in [0, 0.05) is 19.2 Å². The van der Waals surface area contributed by atoms with E-state index in [4.69, 9.17) is 5.11 Å². The first-order valence-corrected chi connectivity index (χ1v) is 6.38. The van der Waals surface area contributed by atoms with Crippen molar-refractivity contribution in [2.75, 3.05) is 13.2 Å². The molecular weight excluding hydrogens is 186 g/mol. The SMILES string of the molecule is CC(CC1CC1)NCC(C)(C)CCCO. The molecule has 0 radical (unpaired) electrons. The van der Waals surface area contributed by atoms with Crippen LogP contribution in [0.1, 0.15) is 52.9 Å². The van der Waals surface area contributed by atoms with E-state index in [0.29, 0.717) is 18.1 Å². The summed E-state index contributed by atoms with van der Waals surface area (Å²) < 4.78 is 0. The Bertz CT molecular complexity index is 175. The summed E-state index contributed by atoms with van der Waals surface area (Å²) in [4.78, 5) is 0. The van der Waals surface area contributed by atoms with E-state index in [-0.39, 0.29) is 0 Å². The smallest absolute Gasteiger partial charge is 0.0431 e. The van der Waals surface area contributed by atoms with E-state index >= 15 is 0 Å². The summed E-state index contributed by atoms with van der Waals surface area (Å²) >= 11 is 0. The van der Waals surface area contributed by atoms with E-state index in [1.807, 2.05) is 0 Å². The summed E-state index contributed by atoms with van der Waals surface area (Å²) in [6.07, 6.45) is 6.26. The fourth-order valence-electron chi connectivity index (χ4n) is 2.03. The van der Waals surface area contributed by atoms with Gasteiger partial charge in [-0.2, -0.15) is 0 Å². The summed E-state index contributed by atoms with van der Waals surface area (Å²) in [5.41, 5.74) is 0.320. The van der Waals surface area contributed by atoms with Gasteiger partial charge in [-0.25, -0.2) is 0 Å². The molecule has 0 heterocycles. The lowest BCUT2D eigenvalue weighted by Gasteiger charge is -2.27. The molecule has 1 aliphatic rings. The molecule has 0 aromatic heterocycles. The third-order valence-corrected chi connectivity index (χ3v) is 3.32. The maximum atomic E-state index is 8.81. The highest BCUT2D eigenvalue weighted by molar-refractivity contribution is 4.80. The molecule has 90 valence electrons. The van der Waals surface area contributed by atoms with E-state index in [1.165, 1.54) is 19.3 Å². The number of hydrogen-bond acceptors (Lipinski definition) is 2. The Labute approximate surface area is 94.5 Å². The van der Waals surface area contributed by atoms with Gasteiger partial charge in [0.15, 0.2) is 0 Å². The standard InChI is InChI=1S/C13H27NO/c1-11(9-12-5-6-12)14-10-13(2,3)7-4-8-15/h11-12,14-15H,4-10H2,1-3H3. The van der Waals surface area contributed by atoms with Crippen LogP contribution < -0.4 is 5.32 Å². The van der Waals surface area contributed by atoms with E-state index in [9.17, 15) is 0 Å². The molecule has 0 aliphatic heterocycles. The van der Waals surface area contributed by atoms with Crippen LogP contribution in [0.5, 0.6) is 0 Å². The average molecular weight is 213 g/mol. The van der Waals surface area contributed by atoms with Gasteiger partial charge in [0.2, 0.25) is 0 Å². The van der Waals surface area contributed by atoms with E-state index in [1.54, 1.807) is 0 Å². The average Bonchev–Trinajstić information content (AvgIpc) is 2.96. The predicted molar refractivity (Wildman–Crippen MR) is 64.9 cm³/mol. The lowest BCUT2D eigenvalue weighted by Crippen LogP contribution is -2.35. The summed E-state index contributed by atoms with van der Waals surface area (Å²) in [6.45, 7) is 8.24. The molecule has 0 aromatic rings. The molecule has 15 heavy (non-hydrogen) atoms. The first kappa shape index (κ1) is 13.0. The largest absolute Gasteiger partial charge is 0.396 e. The molecule has 2 N–H and O–H groups in total. The molecule has 0 bridgehead atoms. The lowest BCUT2D eigenvalue weighted by molar-refractivity contribution is 0.231. The van der Waals surface area contributed by atoms with Gasteiger partial charge in [0.05, 0.1) is 0 Å². The van der Waals surface area contributed by atoms with E-state index < -0.39 is 0 Å². The fraction of sp³-hybridized carbons (Fsp3) is 1.00. The molecule has 1 atom stereocenters. The van der Waals surface area contributed by atoms with E-state index in [2.05, 4.69) is 26.1 Å². The van der Waals surface area contributed by atoms with Crippen LogP contribution in [0.15, 0.2) is 0 Å². The fourth-order valence-corrected chi connectivity index (χ4v) is 2.03. The van der Waals surface area contributed by atoms with Crippen LogP contribution in [0, 0.1) is 11.3 Å². The minimum Gasteiger partial charge on any atom is -0.396 e. The Morgan fingerprint density at radius 3 is 2.60 bits per heavy atom. The topological polar surface area (TPSA) is 32.3 Å². The van der Waals surface area contributed by atoms with Gasteiger partial charge >= 0.3 is 0 Å². The Hall–Kier alpha value is -0.0800. The molecule has 1 rings (SSSR count). The normalized spacial score (nSPS) is 19.2. The van der Waals surface area contributed by atoms with Crippen molar-refractivity contribution in [3.63, 3.8) is 0 Å². The van der Waals surface area contributed by atoms with Crippen molar-refractivity contribution in [3.05, 3.63) is 0 Å². The van der Waals surface area contributed by atoms with Crippen LogP contribution in [-0.2, 0) is 0 Å². The highest BCUT2D eigenvalue weighted by atomic mass is 16.2. The zero-order valence-electron chi connectivity index (χ0n) is 10.6. The molecule has 1 fully saturated rings. The monoisotopic (exact) mass is 213 g/mol. The second-order valence-corrected chi connectivity index (χ2v) is 5.95. The van der Waals surface area contributed by atoms with Crippen molar-refractivity contribution in [3.8, 4) is 0 Å². The second-order valence-electron chi connectivity index (χ2n) is 5.95. The number of aliphatic hydroxyl groups is 1. The van der Waals surface area contributed by atoms with Crippen LogP contribution in [0.3, 0.4) is 0 Å². The first-order valence-electron chi connectivity index (χ1n) is 6.38. The molecule has 0 aromatic carbocycles. The van der Waals surface area contributed by atoms with Crippen LogP contribution in [0.25, 0.3) is 0 Å². The number of hydrogen-bond donors (Lipinski definition) is 2. The summed E-state index contributed by atoms with van der Waals surface area (Å²) in [5.74, 6) is 1.01. The van der Waals surface area contributed by atoms with Crippen LogP contribution in [-0.4, -0.2) is 24.3 Å².